The number of hydrogen-bond donors (Lipinski definition) is 2. The van der Waals surface area contributed by atoms with Crippen LogP contribution in [0.4, 0.5) is 9.59 Å². The lowest BCUT2D eigenvalue weighted by Gasteiger charge is -2.37. The van der Waals surface area contributed by atoms with Gasteiger partial charge in [-0.25, -0.2) is 18.0 Å². The fraction of sp³-hybridized carbons (Fsp3) is 0.615. The number of rotatable bonds is 7. The molecular weight excluding hydrogens is 699 g/mol. The van der Waals surface area contributed by atoms with Crippen molar-refractivity contribution in [1.29, 1.82) is 0 Å². The van der Waals surface area contributed by atoms with Gasteiger partial charge < -0.3 is 25.2 Å². The fourth-order valence-corrected chi connectivity index (χ4v) is 10.2. The van der Waals surface area contributed by atoms with E-state index in [0.717, 1.165) is 42.4 Å². The van der Waals surface area contributed by atoms with Crippen molar-refractivity contribution in [2.24, 2.45) is 11.3 Å². The van der Waals surface area contributed by atoms with Gasteiger partial charge in [0.2, 0.25) is 11.8 Å². The molecule has 5 amide bonds. The maximum Gasteiger partial charge on any atom is 0.410 e. The summed E-state index contributed by atoms with van der Waals surface area (Å²) in [6, 6.07) is 3.44. The van der Waals surface area contributed by atoms with Crippen LogP contribution in [0.1, 0.15) is 88.8 Å². The van der Waals surface area contributed by atoms with Gasteiger partial charge in [0.25, 0.3) is 0 Å². The van der Waals surface area contributed by atoms with E-state index < -0.39 is 79.6 Å². The highest BCUT2D eigenvalue weighted by Crippen LogP contribution is 2.46. The number of carbonyl (C=O) groups is 5. The van der Waals surface area contributed by atoms with E-state index in [4.69, 9.17) is 4.74 Å². The molecule has 0 aromatic heterocycles. The average molecular weight is 750 g/mol. The molecule has 0 radical (unpaired) electrons. The van der Waals surface area contributed by atoms with Gasteiger partial charge in [-0.1, -0.05) is 57.2 Å². The number of amides is 5. The van der Waals surface area contributed by atoms with Gasteiger partial charge in [0.05, 0.1) is 18.3 Å². The maximum atomic E-state index is 14.6. The highest BCUT2D eigenvalue weighted by Gasteiger charge is 2.61. The van der Waals surface area contributed by atoms with Gasteiger partial charge in [0.15, 0.2) is 15.6 Å². The molecule has 13 nitrogen and oxygen atoms in total. The molecule has 286 valence electrons. The molecule has 4 heterocycles. The highest BCUT2D eigenvalue weighted by molar-refractivity contribution is 7.93. The Morgan fingerprint density at radius 1 is 1.09 bits per heavy atom. The third-order valence-corrected chi connectivity index (χ3v) is 14.0. The lowest BCUT2D eigenvalue weighted by molar-refractivity contribution is -0.142. The van der Waals surface area contributed by atoms with Crippen molar-refractivity contribution in [3.63, 3.8) is 0 Å². The van der Waals surface area contributed by atoms with Crippen LogP contribution in [0.15, 0.2) is 36.9 Å². The van der Waals surface area contributed by atoms with Crippen LogP contribution in [0.3, 0.4) is 0 Å². The van der Waals surface area contributed by atoms with Crippen molar-refractivity contribution in [3.8, 4) is 0 Å². The Bertz CT molecular complexity index is 1850. The van der Waals surface area contributed by atoms with Crippen LogP contribution in [-0.2, 0) is 42.0 Å². The number of ether oxygens (including phenoxy) is 1. The summed E-state index contributed by atoms with van der Waals surface area (Å²) in [5.74, 6) is -2.90. The zero-order valence-electron chi connectivity index (χ0n) is 30.8. The van der Waals surface area contributed by atoms with Crippen LogP contribution >= 0.6 is 0 Å². The molecule has 2 saturated carbocycles. The van der Waals surface area contributed by atoms with E-state index in [1.54, 1.807) is 9.80 Å². The zero-order valence-corrected chi connectivity index (χ0v) is 31.7. The molecule has 0 spiro atoms. The quantitative estimate of drug-likeness (QED) is 0.399. The van der Waals surface area contributed by atoms with Crippen LogP contribution in [0.5, 0.6) is 0 Å². The summed E-state index contributed by atoms with van der Waals surface area (Å²) in [5, 5.41) is 5.31. The lowest BCUT2D eigenvalue weighted by atomic mass is 9.85. The summed E-state index contributed by atoms with van der Waals surface area (Å²) in [6.45, 7) is 10.5. The first-order chi connectivity index (χ1) is 25.1. The van der Waals surface area contributed by atoms with Crippen LogP contribution in [0.2, 0.25) is 0 Å². The molecule has 4 bridgehead atoms. The van der Waals surface area contributed by atoms with Gasteiger partial charge in [0, 0.05) is 31.5 Å². The van der Waals surface area contributed by atoms with Crippen LogP contribution in [-0.4, -0.2) is 107 Å². The molecule has 6 atom stereocenters. The number of hydrogen-bond acceptors (Lipinski definition) is 8. The molecule has 14 heteroatoms. The van der Waals surface area contributed by atoms with Crippen molar-refractivity contribution < 1.29 is 37.1 Å². The number of nitrogens with zero attached hydrogens (tertiary/aromatic N) is 3. The van der Waals surface area contributed by atoms with E-state index in [9.17, 15) is 32.4 Å². The predicted octanol–water partition coefficient (Wildman–Crippen LogP) is 3.71. The summed E-state index contributed by atoms with van der Waals surface area (Å²) in [4.78, 5) is 74.9. The smallest absolute Gasteiger partial charge is 0.410 e. The molecule has 1 aromatic carbocycles. The first-order valence-corrected chi connectivity index (χ1v) is 20.6. The monoisotopic (exact) mass is 749 g/mol. The standard InChI is InChI=1S/C39H51N5O8S/c1-5-26-19-39(26,32(45)23-53(50,51)29-15-16-29)41-34(46)31-18-28-21-44(31)35(47)33(38(2,3)4)40-36(48)43-17-9-14-27(43)13-7-6-10-24-11-8-12-25-20-42(22-30(24)25)37(49)52-28/h5-6,8,10-12,26-29,31,33H,1,7,9,13-23H2,2-4H3,(H,40,48)(H,41,46)/b10-6+/t26-,27+,28+,31-,33+,39+/m0/s1. The van der Waals surface area contributed by atoms with Gasteiger partial charge >= 0.3 is 12.1 Å². The number of benzene rings is 1. The van der Waals surface area contributed by atoms with E-state index in [0.29, 0.717) is 32.5 Å². The Kier molecular flexibility index (Phi) is 9.73. The molecule has 7 rings (SSSR count). The lowest BCUT2D eigenvalue weighted by Crippen LogP contribution is -2.61. The average Bonchev–Trinajstić information content (AvgIpc) is 3.91. The number of Topliss-reactive ketones (excluding diaryl/α,β-unsaturated/α-hetero) is 1. The van der Waals surface area contributed by atoms with Crippen LogP contribution in [0, 0.1) is 11.3 Å². The summed E-state index contributed by atoms with van der Waals surface area (Å²) in [6.07, 6.45) is 8.71. The largest absolute Gasteiger partial charge is 0.444 e. The summed E-state index contributed by atoms with van der Waals surface area (Å²) < 4.78 is 31.6. The van der Waals surface area contributed by atoms with E-state index in [1.807, 2.05) is 39.0 Å². The molecule has 2 aliphatic carbocycles. The van der Waals surface area contributed by atoms with Crippen LogP contribution < -0.4 is 10.6 Å². The van der Waals surface area contributed by atoms with Gasteiger partial charge in [-0.05, 0) is 67.1 Å². The number of sulfone groups is 1. The minimum atomic E-state index is -3.65. The van der Waals surface area contributed by atoms with Crippen LogP contribution in [0.25, 0.3) is 6.08 Å². The topological polar surface area (TPSA) is 162 Å². The number of allylic oxidation sites excluding steroid dienone is 1. The number of fused-ring (bicyclic) bond motifs is 4. The summed E-state index contributed by atoms with van der Waals surface area (Å²) in [5.41, 5.74) is 0.853. The summed E-state index contributed by atoms with van der Waals surface area (Å²) >= 11 is 0. The van der Waals surface area contributed by atoms with E-state index >= 15 is 0 Å². The van der Waals surface area contributed by atoms with E-state index in [1.165, 1.54) is 11.0 Å². The third kappa shape index (κ3) is 7.35. The summed E-state index contributed by atoms with van der Waals surface area (Å²) in [7, 11) is -3.65. The van der Waals surface area contributed by atoms with Gasteiger partial charge in [-0.2, -0.15) is 0 Å². The van der Waals surface area contributed by atoms with Gasteiger partial charge in [-0.3, -0.25) is 19.3 Å². The Labute approximate surface area is 311 Å². The first-order valence-electron chi connectivity index (χ1n) is 18.9. The minimum Gasteiger partial charge on any atom is -0.444 e. The van der Waals surface area contributed by atoms with Gasteiger partial charge in [0.1, 0.15) is 29.5 Å². The second kappa shape index (κ2) is 13.9. The maximum absolute atomic E-state index is 14.6. The number of ketones is 1. The Morgan fingerprint density at radius 3 is 2.57 bits per heavy atom. The predicted molar refractivity (Wildman–Crippen MR) is 197 cm³/mol. The Balaban J connectivity index is 1.19. The molecular formula is C39H51N5O8S. The fourth-order valence-electron chi connectivity index (χ4n) is 8.51. The molecule has 0 unspecified atom stereocenters. The third-order valence-electron chi connectivity index (χ3n) is 11.9. The number of urea groups is 1. The molecule has 6 aliphatic rings. The first kappa shape index (κ1) is 37.1. The zero-order chi connectivity index (χ0) is 37.9. The molecule has 53 heavy (non-hydrogen) atoms. The van der Waals surface area contributed by atoms with E-state index in [2.05, 4.69) is 29.4 Å². The Hall–Kier alpha value is -4.20. The number of carbonyl (C=O) groups excluding carboxylic acids is 5. The van der Waals surface area contributed by atoms with Crippen molar-refractivity contribution in [1.82, 2.24) is 25.3 Å². The highest BCUT2D eigenvalue weighted by atomic mass is 32.2. The van der Waals surface area contributed by atoms with Crippen molar-refractivity contribution in [3.05, 3.63) is 53.6 Å². The molecule has 4 fully saturated rings. The van der Waals surface area contributed by atoms with Gasteiger partial charge in [-0.15, -0.1) is 6.58 Å². The van der Waals surface area contributed by atoms with Crippen molar-refractivity contribution in [2.45, 2.75) is 120 Å². The normalized spacial score (nSPS) is 31.1. The molecule has 2 saturated heterocycles. The van der Waals surface area contributed by atoms with Crippen molar-refractivity contribution >= 4 is 45.6 Å². The second-order valence-electron chi connectivity index (χ2n) is 16.7. The Morgan fingerprint density at radius 2 is 1.87 bits per heavy atom. The van der Waals surface area contributed by atoms with Crippen molar-refractivity contribution in [2.75, 3.05) is 18.8 Å². The number of nitrogens with one attached hydrogen (secondary N) is 2. The second-order valence-corrected chi connectivity index (χ2v) is 19.0. The molecule has 4 aliphatic heterocycles. The molecule has 2 N–H and O–H groups in total. The minimum absolute atomic E-state index is 0.00366. The SMILES string of the molecule is C=C[C@H]1C[C@]1(NC(=O)[C@@H]1C[C@@H]2CN1C(=O)[C@H](C(C)(C)C)NC(=O)N1CCC[C@H]1CC/C=C/c1cccc3c1CN(C3)C(=O)O2)C(=O)CS(=O)(=O)C1CC1. The molecule has 1 aromatic rings. The van der Waals surface area contributed by atoms with E-state index in [-0.39, 0.29) is 31.5 Å².